The number of likely N-dealkylation sites (N-methyl/N-ethyl adjacent to an activating group) is 1. The Labute approximate surface area is 103 Å². The zero-order chi connectivity index (χ0) is 13.1. The first-order valence-corrected chi connectivity index (χ1v) is 6.27. The lowest BCUT2D eigenvalue weighted by Crippen LogP contribution is -2.62. The summed E-state index contributed by atoms with van der Waals surface area (Å²) >= 11 is 0. The lowest BCUT2D eigenvalue weighted by atomic mass is 9.92. The Morgan fingerprint density at radius 3 is 2.53 bits per heavy atom. The Bertz CT molecular complexity index is 268. The summed E-state index contributed by atoms with van der Waals surface area (Å²) in [6.45, 7) is 6.12. The Kier molecular flexibility index (Phi) is 4.91. The normalized spacial score (nSPS) is 21.2. The Morgan fingerprint density at radius 2 is 2.18 bits per heavy atom. The number of ether oxygens (including phenoxy) is 1. The van der Waals surface area contributed by atoms with Gasteiger partial charge in [0, 0.05) is 19.7 Å². The molecule has 0 aromatic rings. The first kappa shape index (κ1) is 14.4. The van der Waals surface area contributed by atoms with Crippen LogP contribution in [0, 0.1) is 5.92 Å². The number of nitrogens with zero attached hydrogens (tertiary/aromatic N) is 1. The predicted octanol–water partition coefficient (Wildman–Crippen LogP) is -0.0640. The third-order valence-corrected chi connectivity index (χ3v) is 3.67. The molecule has 2 atom stereocenters. The average molecular weight is 243 g/mol. The minimum Gasteiger partial charge on any atom is -0.383 e. The van der Waals surface area contributed by atoms with E-state index in [4.69, 9.17) is 16.2 Å². The number of rotatable bonds is 8. The topological polar surface area (TPSA) is 81.6 Å². The second kappa shape index (κ2) is 5.80. The number of nitrogens with two attached hydrogens (primary N) is 2. The molecule has 1 fully saturated rings. The lowest BCUT2D eigenvalue weighted by molar-refractivity contribution is -0.125. The molecule has 0 aromatic carbocycles. The molecule has 0 aromatic heterocycles. The number of primary amides is 1. The summed E-state index contributed by atoms with van der Waals surface area (Å²) in [5, 5.41) is 0. The largest absolute Gasteiger partial charge is 0.383 e. The van der Waals surface area contributed by atoms with E-state index >= 15 is 0 Å². The third-order valence-electron chi connectivity index (χ3n) is 3.67. The van der Waals surface area contributed by atoms with Gasteiger partial charge in [0.15, 0.2) is 0 Å². The van der Waals surface area contributed by atoms with Gasteiger partial charge in [-0.25, -0.2) is 0 Å². The Hall–Kier alpha value is -0.650. The van der Waals surface area contributed by atoms with Crippen LogP contribution in [0.15, 0.2) is 0 Å². The quantitative estimate of drug-likeness (QED) is 0.625. The number of carbonyl (C=O) groups excluding carboxylic acids is 1. The molecule has 5 nitrogen and oxygen atoms in total. The smallest absolute Gasteiger partial charge is 0.239 e. The number of carbonyl (C=O) groups is 1. The minimum atomic E-state index is -0.877. The van der Waals surface area contributed by atoms with Crippen molar-refractivity contribution in [2.75, 3.05) is 26.8 Å². The van der Waals surface area contributed by atoms with Gasteiger partial charge in [0.2, 0.25) is 5.91 Å². The van der Waals surface area contributed by atoms with Crippen LogP contribution in [-0.4, -0.2) is 49.2 Å². The molecule has 0 radical (unpaired) electrons. The van der Waals surface area contributed by atoms with E-state index in [1.54, 1.807) is 7.11 Å². The Balaban J connectivity index is 2.67. The van der Waals surface area contributed by atoms with Crippen molar-refractivity contribution in [3.05, 3.63) is 0 Å². The van der Waals surface area contributed by atoms with E-state index in [9.17, 15) is 4.79 Å². The monoisotopic (exact) mass is 243 g/mol. The van der Waals surface area contributed by atoms with Crippen LogP contribution in [-0.2, 0) is 9.53 Å². The van der Waals surface area contributed by atoms with Crippen LogP contribution in [0.25, 0.3) is 0 Å². The van der Waals surface area contributed by atoms with Crippen molar-refractivity contribution in [1.82, 2.24) is 4.90 Å². The molecule has 1 amide bonds. The van der Waals surface area contributed by atoms with Gasteiger partial charge < -0.3 is 16.2 Å². The van der Waals surface area contributed by atoms with Crippen LogP contribution in [0.1, 0.15) is 26.7 Å². The van der Waals surface area contributed by atoms with Crippen molar-refractivity contribution in [2.45, 2.75) is 38.3 Å². The van der Waals surface area contributed by atoms with E-state index in [0.29, 0.717) is 13.2 Å². The first-order chi connectivity index (χ1) is 7.95. The van der Waals surface area contributed by atoms with E-state index in [1.807, 2.05) is 0 Å². The van der Waals surface area contributed by atoms with E-state index < -0.39 is 5.54 Å². The van der Waals surface area contributed by atoms with Gasteiger partial charge in [0.05, 0.1) is 6.61 Å². The summed E-state index contributed by atoms with van der Waals surface area (Å²) in [5.41, 5.74) is 10.8. The first-order valence-electron chi connectivity index (χ1n) is 6.27. The zero-order valence-electron chi connectivity index (χ0n) is 11.1. The second-order valence-electron chi connectivity index (χ2n) is 5.05. The van der Waals surface area contributed by atoms with Crippen LogP contribution in [0.2, 0.25) is 0 Å². The van der Waals surface area contributed by atoms with Gasteiger partial charge in [0.25, 0.3) is 0 Å². The fraction of sp³-hybridized carbons (Fsp3) is 0.917. The summed E-state index contributed by atoms with van der Waals surface area (Å²) in [7, 11) is 1.68. The van der Waals surface area contributed by atoms with Crippen molar-refractivity contribution in [3.63, 3.8) is 0 Å². The maximum Gasteiger partial charge on any atom is 0.239 e. The van der Waals surface area contributed by atoms with Gasteiger partial charge in [-0.15, -0.1) is 0 Å². The van der Waals surface area contributed by atoms with Gasteiger partial charge >= 0.3 is 0 Å². The molecular formula is C12H25N3O2. The molecule has 5 heteroatoms. The lowest BCUT2D eigenvalue weighted by Gasteiger charge is -2.35. The zero-order valence-corrected chi connectivity index (χ0v) is 11.1. The van der Waals surface area contributed by atoms with Crippen LogP contribution in [0.4, 0.5) is 0 Å². The third kappa shape index (κ3) is 3.40. The van der Waals surface area contributed by atoms with Crippen LogP contribution in [0.3, 0.4) is 0 Å². The molecular weight excluding hydrogens is 218 g/mol. The molecule has 0 spiro atoms. The SMILES string of the molecule is CCN(CC(N)(C(N)=O)C1CC1)C(C)COC. The summed E-state index contributed by atoms with van der Waals surface area (Å²) in [6, 6.07) is 0.242. The van der Waals surface area contributed by atoms with Gasteiger partial charge in [0.1, 0.15) is 5.54 Å². The highest BCUT2D eigenvalue weighted by atomic mass is 16.5. The number of methoxy groups -OCH3 is 1. The van der Waals surface area contributed by atoms with Crippen molar-refractivity contribution >= 4 is 5.91 Å². The molecule has 1 aliphatic carbocycles. The summed E-state index contributed by atoms with van der Waals surface area (Å²) < 4.78 is 5.14. The number of hydrogen-bond donors (Lipinski definition) is 2. The van der Waals surface area contributed by atoms with Crippen LogP contribution in [0.5, 0.6) is 0 Å². The maximum absolute atomic E-state index is 11.6. The van der Waals surface area contributed by atoms with Gasteiger partial charge in [-0.2, -0.15) is 0 Å². The van der Waals surface area contributed by atoms with Crippen molar-refractivity contribution < 1.29 is 9.53 Å². The van der Waals surface area contributed by atoms with Gasteiger partial charge in [-0.1, -0.05) is 6.92 Å². The highest BCUT2D eigenvalue weighted by molar-refractivity contribution is 5.85. The van der Waals surface area contributed by atoms with Crippen molar-refractivity contribution in [2.24, 2.45) is 17.4 Å². The molecule has 2 unspecified atom stereocenters. The average Bonchev–Trinajstić information content (AvgIpc) is 3.09. The Morgan fingerprint density at radius 1 is 1.59 bits per heavy atom. The fourth-order valence-electron chi connectivity index (χ4n) is 2.27. The maximum atomic E-state index is 11.6. The van der Waals surface area contributed by atoms with E-state index in [-0.39, 0.29) is 17.9 Å². The summed E-state index contributed by atoms with van der Waals surface area (Å²) in [6.07, 6.45) is 2.02. The summed E-state index contributed by atoms with van der Waals surface area (Å²) in [4.78, 5) is 13.7. The molecule has 1 saturated carbocycles. The number of amides is 1. The molecule has 4 N–H and O–H groups in total. The molecule has 0 bridgehead atoms. The molecule has 0 heterocycles. The highest BCUT2D eigenvalue weighted by Crippen LogP contribution is 2.38. The second-order valence-corrected chi connectivity index (χ2v) is 5.05. The molecule has 0 aliphatic heterocycles. The molecule has 1 aliphatic rings. The standard InChI is InChI=1S/C12H25N3O2/c1-4-15(9(2)7-17-3)8-12(14,11(13)16)10-5-6-10/h9-10H,4-8,14H2,1-3H3,(H2,13,16). The fourth-order valence-corrected chi connectivity index (χ4v) is 2.27. The van der Waals surface area contributed by atoms with E-state index in [2.05, 4.69) is 18.7 Å². The molecule has 0 saturated heterocycles. The minimum absolute atomic E-state index is 0.242. The van der Waals surface area contributed by atoms with Crippen LogP contribution < -0.4 is 11.5 Å². The molecule has 1 rings (SSSR count). The summed E-state index contributed by atoms with van der Waals surface area (Å²) in [5.74, 6) is -0.133. The van der Waals surface area contributed by atoms with Crippen molar-refractivity contribution in [3.8, 4) is 0 Å². The molecule has 17 heavy (non-hydrogen) atoms. The highest BCUT2D eigenvalue weighted by Gasteiger charge is 2.47. The van der Waals surface area contributed by atoms with Gasteiger partial charge in [-0.3, -0.25) is 9.69 Å². The predicted molar refractivity (Wildman–Crippen MR) is 67.4 cm³/mol. The number of hydrogen-bond acceptors (Lipinski definition) is 4. The molecule has 100 valence electrons. The van der Waals surface area contributed by atoms with Gasteiger partial charge in [-0.05, 0) is 32.2 Å². The van der Waals surface area contributed by atoms with Crippen LogP contribution >= 0.6 is 0 Å². The van der Waals surface area contributed by atoms with E-state index in [1.165, 1.54) is 0 Å². The van der Waals surface area contributed by atoms with Crippen molar-refractivity contribution in [1.29, 1.82) is 0 Å². The van der Waals surface area contributed by atoms with E-state index in [0.717, 1.165) is 19.4 Å².